The Morgan fingerprint density at radius 3 is 2.58 bits per heavy atom. The number of carbonyl (C=O) groups excluding carboxylic acids is 3. The highest BCUT2D eigenvalue weighted by molar-refractivity contribution is 8.02. The Labute approximate surface area is 217 Å². The number of aryl methyl sites for hydroxylation is 2. The molecule has 4 rings (SSSR count). The van der Waals surface area contributed by atoms with Crippen molar-refractivity contribution in [3.63, 3.8) is 0 Å². The fourth-order valence-electron chi connectivity index (χ4n) is 6.48. The number of ether oxygens (including phenoxy) is 1. The highest BCUT2D eigenvalue weighted by Crippen LogP contribution is 2.67. The van der Waals surface area contributed by atoms with Gasteiger partial charge in [0.25, 0.3) is 5.91 Å². The van der Waals surface area contributed by atoms with Crippen LogP contribution in [0.1, 0.15) is 37.3 Å². The Morgan fingerprint density at radius 1 is 1.31 bits per heavy atom. The zero-order valence-electron chi connectivity index (χ0n) is 21.3. The molecule has 1 spiro atoms. The maximum atomic E-state index is 14.6. The molecule has 1 N–H and O–H groups in total. The number of rotatable bonds is 10. The lowest BCUT2D eigenvalue weighted by Crippen LogP contribution is -2.57. The molecule has 3 aliphatic rings. The van der Waals surface area contributed by atoms with Gasteiger partial charge in [-0.15, -0.1) is 18.3 Å². The molecule has 2 bridgehead atoms. The topological polar surface area (TPSA) is 87.1 Å². The highest BCUT2D eigenvalue weighted by atomic mass is 32.2. The van der Waals surface area contributed by atoms with Crippen LogP contribution in [0.5, 0.6) is 0 Å². The van der Waals surface area contributed by atoms with Crippen molar-refractivity contribution < 1.29 is 24.2 Å². The number of fused-ring (bicyclic) bond motifs is 1. The maximum Gasteiger partial charge on any atom is 0.311 e. The molecule has 3 heterocycles. The van der Waals surface area contributed by atoms with Gasteiger partial charge in [-0.1, -0.05) is 43.9 Å². The number of amides is 2. The third-order valence-corrected chi connectivity index (χ3v) is 9.90. The number of aliphatic hydroxyl groups excluding tert-OH is 1. The van der Waals surface area contributed by atoms with Crippen molar-refractivity contribution in [2.75, 3.05) is 24.7 Å². The van der Waals surface area contributed by atoms with E-state index in [9.17, 15) is 19.5 Å². The minimum atomic E-state index is -0.793. The Hall–Kier alpha value is -2.58. The molecule has 8 heteroatoms. The Balaban J connectivity index is 1.83. The minimum Gasteiger partial charge on any atom is -0.461 e. The highest BCUT2D eigenvalue weighted by Gasteiger charge is 2.74. The smallest absolute Gasteiger partial charge is 0.311 e. The van der Waals surface area contributed by atoms with Crippen LogP contribution in [-0.4, -0.2) is 69.6 Å². The number of likely N-dealkylation sites (tertiary alicyclic amines) is 1. The van der Waals surface area contributed by atoms with E-state index >= 15 is 0 Å². The van der Waals surface area contributed by atoms with E-state index in [0.717, 1.165) is 23.2 Å². The molecular weight excluding hydrogens is 476 g/mol. The van der Waals surface area contributed by atoms with Crippen LogP contribution >= 0.6 is 11.8 Å². The summed E-state index contributed by atoms with van der Waals surface area (Å²) in [5.41, 5.74) is 2.73. The predicted octanol–water partition coefficient (Wildman–Crippen LogP) is 3.41. The second-order valence-corrected chi connectivity index (χ2v) is 11.5. The van der Waals surface area contributed by atoms with Crippen molar-refractivity contribution in [2.45, 2.75) is 62.1 Å². The third-order valence-electron chi connectivity index (χ3n) is 7.95. The number of hydrogen-bond acceptors (Lipinski definition) is 6. The lowest BCUT2D eigenvalue weighted by Gasteiger charge is -2.40. The monoisotopic (exact) mass is 512 g/mol. The lowest BCUT2D eigenvalue weighted by atomic mass is 9.71. The molecule has 3 aliphatic heterocycles. The summed E-state index contributed by atoms with van der Waals surface area (Å²) < 4.78 is 4.67. The van der Waals surface area contributed by atoms with Gasteiger partial charge in [0.15, 0.2) is 0 Å². The van der Waals surface area contributed by atoms with Crippen molar-refractivity contribution in [1.29, 1.82) is 0 Å². The molecule has 0 aromatic heterocycles. The molecule has 2 unspecified atom stereocenters. The van der Waals surface area contributed by atoms with E-state index in [0.29, 0.717) is 19.4 Å². The van der Waals surface area contributed by atoms with E-state index in [-0.39, 0.29) is 30.3 Å². The van der Waals surface area contributed by atoms with Crippen molar-refractivity contribution in [3.8, 4) is 0 Å². The summed E-state index contributed by atoms with van der Waals surface area (Å²) in [7, 11) is 0. The van der Waals surface area contributed by atoms with Gasteiger partial charge in [0.05, 0.1) is 29.2 Å². The third kappa shape index (κ3) is 3.98. The van der Waals surface area contributed by atoms with Gasteiger partial charge < -0.3 is 19.6 Å². The number of benzene rings is 1. The zero-order valence-corrected chi connectivity index (χ0v) is 22.1. The van der Waals surface area contributed by atoms with Gasteiger partial charge in [0, 0.05) is 17.5 Å². The first-order valence-corrected chi connectivity index (χ1v) is 13.5. The van der Waals surface area contributed by atoms with Crippen molar-refractivity contribution in [1.82, 2.24) is 4.90 Å². The molecule has 3 fully saturated rings. The number of hydrogen-bond donors (Lipinski definition) is 1. The molecule has 2 amide bonds. The van der Waals surface area contributed by atoms with Gasteiger partial charge in [-0.05, 0) is 44.2 Å². The van der Waals surface area contributed by atoms with Gasteiger partial charge in [0.1, 0.15) is 12.6 Å². The summed E-state index contributed by atoms with van der Waals surface area (Å²) in [6.45, 7) is 13.5. The van der Waals surface area contributed by atoms with E-state index in [4.69, 9.17) is 4.74 Å². The van der Waals surface area contributed by atoms with E-state index in [1.807, 2.05) is 39.0 Å². The molecule has 7 nitrogen and oxygen atoms in total. The van der Waals surface area contributed by atoms with Gasteiger partial charge in [-0.25, -0.2) is 0 Å². The van der Waals surface area contributed by atoms with E-state index in [1.54, 1.807) is 27.6 Å². The van der Waals surface area contributed by atoms with Gasteiger partial charge in [-0.3, -0.25) is 14.4 Å². The van der Waals surface area contributed by atoms with Crippen LogP contribution in [0.15, 0.2) is 43.5 Å². The molecular formula is C28H36N2O5S. The van der Waals surface area contributed by atoms with Crippen molar-refractivity contribution in [2.24, 2.45) is 11.8 Å². The fraction of sp³-hybridized carbons (Fsp3) is 0.536. The molecule has 1 aromatic carbocycles. The first-order chi connectivity index (χ1) is 17.3. The number of thioether (sulfide) groups is 1. The second-order valence-electron chi connectivity index (χ2n) is 9.94. The van der Waals surface area contributed by atoms with E-state index in [1.165, 1.54) is 6.08 Å². The number of aliphatic hydroxyl groups is 1. The fourth-order valence-corrected chi connectivity index (χ4v) is 8.67. The molecule has 36 heavy (non-hydrogen) atoms. The van der Waals surface area contributed by atoms with Crippen molar-refractivity contribution >= 4 is 35.2 Å². The number of para-hydroxylation sites is 1. The van der Waals surface area contributed by atoms with E-state index < -0.39 is 34.6 Å². The summed E-state index contributed by atoms with van der Waals surface area (Å²) in [5, 5.41) is 10.2. The number of esters is 1. The number of anilines is 1. The normalized spacial score (nSPS) is 29.1. The summed E-state index contributed by atoms with van der Waals surface area (Å²) in [6, 6.07) is 4.58. The molecule has 0 aliphatic carbocycles. The minimum absolute atomic E-state index is 0.0732. The van der Waals surface area contributed by atoms with Crippen molar-refractivity contribution in [3.05, 3.63) is 54.6 Å². The van der Waals surface area contributed by atoms with Crippen LogP contribution in [0, 0.1) is 25.7 Å². The Bertz CT molecular complexity index is 1050. The second kappa shape index (κ2) is 10.4. The van der Waals surface area contributed by atoms with Gasteiger partial charge in [-0.2, -0.15) is 0 Å². The van der Waals surface area contributed by atoms with Crippen LogP contribution in [0.2, 0.25) is 0 Å². The van der Waals surface area contributed by atoms with Gasteiger partial charge >= 0.3 is 5.97 Å². The largest absolute Gasteiger partial charge is 0.461 e. The average Bonchev–Trinajstić information content (AvgIpc) is 3.50. The van der Waals surface area contributed by atoms with Crippen LogP contribution in [0.25, 0.3) is 0 Å². The molecule has 0 saturated carbocycles. The Kier molecular flexibility index (Phi) is 7.67. The van der Waals surface area contributed by atoms with Crippen LogP contribution < -0.4 is 4.90 Å². The predicted molar refractivity (Wildman–Crippen MR) is 142 cm³/mol. The summed E-state index contributed by atoms with van der Waals surface area (Å²) in [4.78, 5) is 45.1. The Morgan fingerprint density at radius 2 is 2.00 bits per heavy atom. The zero-order chi connectivity index (χ0) is 26.2. The van der Waals surface area contributed by atoms with Gasteiger partial charge in [0.2, 0.25) is 5.91 Å². The summed E-state index contributed by atoms with van der Waals surface area (Å²) >= 11 is 1.60. The lowest BCUT2D eigenvalue weighted by molar-refractivity contribution is -0.153. The van der Waals surface area contributed by atoms with Crippen LogP contribution in [0.3, 0.4) is 0 Å². The molecule has 194 valence electrons. The quantitative estimate of drug-likeness (QED) is 0.382. The molecule has 6 atom stereocenters. The SMILES string of the molecule is C=CCOC(=O)[C@@H]1[C@H]2C(=O)N([C@@H](CC)CO)C(C(=O)N(CC=C)c3c(C)cccc3C)C23CC[C@H]1S3. The molecule has 3 saturated heterocycles. The standard InChI is InChI=1S/C28H36N2O5S/c1-6-14-29(23-17(4)10-9-11-18(23)5)26(33)24-28-13-12-20(36-28)21(27(34)35-15-7-2)22(28)25(32)30(24)19(8-3)16-31/h6-7,9-11,19-22,24,31H,1-2,8,12-16H2,3-5H3/t19-,20+,21-,22-,24?,28?/m0/s1. The first-order valence-electron chi connectivity index (χ1n) is 12.6. The number of carbonyl (C=O) groups is 3. The maximum absolute atomic E-state index is 14.6. The van der Waals surface area contributed by atoms with Crippen LogP contribution in [0.4, 0.5) is 5.69 Å². The average molecular weight is 513 g/mol. The number of nitrogens with zero attached hydrogens (tertiary/aromatic N) is 2. The summed E-state index contributed by atoms with van der Waals surface area (Å²) in [5.74, 6) is -2.10. The van der Waals surface area contributed by atoms with E-state index in [2.05, 4.69) is 13.2 Å². The molecule has 1 aromatic rings. The first kappa shape index (κ1) is 26.5. The van der Waals surface area contributed by atoms with Crippen LogP contribution in [-0.2, 0) is 19.1 Å². The summed E-state index contributed by atoms with van der Waals surface area (Å²) in [6.07, 6.45) is 5.10. The molecule has 0 radical (unpaired) electrons.